The predicted molar refractivity (Wildman–Crippen MR) is 89.2 cm³/mol. The van der Waals surface area contributed by atoms with Crippen molar-refractivity contribution in [2.45, 2.75) is 19.8 Å². The predicted octanol–water partition coefficient (Wildman–Crippen LogP) is 4.38. The lowest BCUT2D eigenvalue weighted by Crippen LogP contribution is -2.15. The van der Waals surface area contributed by atoms with Crippen LogP contribution >= 0.6 is 0 Å². The van der Waals surface area contributed by atoms with Crippen molar-refractivity contribution in [2.24, 2.45) is 0 Å². The first kappa shape index (κ1) is 15.4. The minimum atomic E-state index is -0.262. The highest BCUT2D eigenvalue weighted by Gasteiger charge is 2.14. The fourth-order valence-corrected chi connectivity index (χ4v) is 2.52. The van der Waals surface area contributed by atoms with Gasteiger partial charge in [0, 0.05) is 23.7 Å². The van der Waals surface area contributed by atoms with E-state index >= 15 is 0 Å². The molecule has 1 N–H and O–H groups in total. The second-order valence-corrected chi connectivity index (χ2v) is 5.80. The molecule has 4 nitrogen and oxygen atoms in total. The molecule has 0 unspecified atom stereocenters. The minimum absolute atomic E-state index is 0.183. The Balaban J connectivity index is 2.28. The Kier molecular flexibility index (Phi) is 3.96. The smallest absolute Gasteiger partial charge is 0.250 e. The maximum atomic E-state index is 14.0. The first-order chi connectivity index (χ1) is 11.0. The monoisotopic (exact) mass is 311 g/mol. The molecule has 23 heavy (non-hydrogen) atoms. The number of fused-ring (bicyclic) bond motifs is 1. The number of anilines is 1. The molecule has 3 aromatic rings. The van der Waals surface area contributed by atoms with Gasteiger partial charge in [0.1, 0.15) is 5.82 Å². The summed E-state index contributed by atoms with van der Waals surface area (Å²) in [7, 11) is 1.48. The van der Waals surface area contributed by atoms with Crippen LogP contribution in [0.3, 0.4) is 0 Å². The van der Waals surface area contributed by atoms with Gasteiger partial charge in [0.15, 0.2) is 0 Å². The number of halogens is 1. The van der Waals surface area contributed by atoms with Gasteiger partial charge in [-0.1, -0.05) is 38.1 Å². The van der Waals surface area contributed by atoms with Crippen LogP contribution in [0.4, 0.5) is 10.3 Å². The van der Waals surface area contributed by atoms with Crippen molar-refractivity contribution in [1.29, 1.82) is 0 Å². The van der Waals surface area contributed by atoms with Crippen molar-refractivity contribution in [1.82, 2.24) is 9.97 Å². The molecule has 0 fully saturated rings. The molecular formula is C18H18FN3O. The summed E-state index contributed by atoms with van der Waals surface area (Å²) in [6, 6.07) is 12.3. The van der Waals surface area contributed by atoms with Gasteiger partial charge in [-0.05, 0) is 29.5 Å². The Hall–Kier alpha value is -2.53. The summed E-state index contributed by atoms with van der Waals surface area (Å²) in [5.74, 6) is 0.142. The lowest BCUT2D eigenvalue weighted by atomic mass is 10.00. The lowest BCUT2D eigenvalue weighted by molar-refractivity contribution is 0.272. The van der Waals surface area contributed by atoms with Crippen molar-refractivity contribution in [3.63, 3.8) is 0 Å². The number of benzene rings is 2. The largest absolute Gasteiger partial charge is 0.286 e. The van der Waals surface area contributed by atoms with Crippen molar-refractivity contribution in [2.75, 3.05) is 12.1 Å². The molecule has 1 aromatic heterocycles. The van der Waals surface area contributed by atoms with Crippen LogP contribution in [0.25, 0.3) is 22.0 Å². The average molecular weight is 311 g/mol. The zero-order valence-corrected chi connectivity index (χ0v) is 13.3. The third-order valence-corrected chi connectivity index (χ3v) is 3.76. The zero-order chi connectivity index (χ0) is 16.6. The molecule has 2 aromatic carbocycles. The third kappa shape index (κ3) is 2.87. The number of rotatable bonds is 3. The third-order valence-electron chi connectivity index (χ3n) is 3.76. The molecule has 0 amide bonds. The van der Waals surface area contributed by atoms with Gasteiger partial charge >= 0.3 is 0 Å². The molecule has 0 atom stereocenters. The van der Waals surface area contributed by atoms with Crippen molar-refractivity contribution >= 4 is 16.7 Å². The molecule has 0 radical (unpaired) electrons. The number of hydrogen-bond acceptors (Lipinski definition) is 4. The van der Waals surface area contributed by atoms with Gasteiger partial charge in [-0.2, -0.15) is 0 Å². The van der Waals surface area contributed by atoms with Gasteiger partial charge in [0.25, 0.3) is 0 Å². The maximum absolute atomic E-state index is 14.0. The Morgan fingerprint density at radius 3 is 2.39 bits per heavy atom. The lowest BCUT2D eigenvalue weighted by Gasteiger charge is -2.15. The summed E-state index contributed by atoms with van der Waals surface area (Å²) < 4.78 is 14.0. The Morgan fingerprint density at radius 1 is 1.04 bits per heavy atom. The molecule has 1 heterocycles. The Labute approximate surface area is 134 Å². The van der Waals surface area contributed by atoms with Crippen LogP contribution in [0, 0.1) is 5.82 Å². The quantitative estimate of drug-likeness (QED) is 0.729. The van der Waals surface area contributed by atoms with Crippen LogP contribution in [0.15, 0.2) is 42.5 Å². The average Bonchev–Trinajstić information content (AvgIpc) is 2.55. The molecule has 0 saturated heterocycles. The Bertz CT molecular complexity index is 836. The summed E-state index contributed by atoms with van der Waals surface area (Å²) in [5.41, 5.74) is 2.30. The zero-order valence-electron chi connectivity index (χ0n) is 13.3. The van der Waals surface area contributed by atoms with E-state index in [0.717, 1.165) is 21.7 Å². The Morgan fingerprint density at radius 2 is 1.74 bits per heavy atom. The summed E-state index contributed by atoms with van der Waals surface area (Å²) >= 11 is 0. The highest BCUT2D eigenvalue weighted by Crippen LogP contribution is 2.31. The van der Waals surface area contributed by atoms with E-state index in [1.807, 2.05) is 38.1 Å². The van der Waals surface area contributed by atoms with E-state index in [1.54, 1.807) is 12.1 Å². The second kappa shape index (κ2) is 5.93. The highest BCUT2D eigenvalue weighted by molar-refractivity contribution is 5.96. The van der Waals surface area contributed by atoms with Crippen LogP contribution in [0.5, 0.6) is 0 Å². The van der Waals surface area contributed by atoms with Gasteiger partial charge < -0.3 is 0 Å². The molecule has 0 aliphatic heterocycles. The molecule has 0 saturated carbocycles. The van der Waals surface area contributed by atoms with E-state index in [-0.39, 0.29) is 17.7 Å². The van der Waals surface area contributed by atoms with Gasteiger partial charge in [-0.15, -0.1) is 0 Å². The highest BCUT2D eigenvalue weighted by atomic mass is 19.1. The van der Waals surface area contributed by atoms with Crippen LogP contribution in [0.2, 0.25) is 0 Å². The molecule has 0 aliphatic rings. The molecule has 0 bridgehead atoms. The summed E-state index contributed by atoms with van der Waals surface area (Å²) in [5, 5.41) is 11.9. The van der Waals surface area contributed by atoms with E-state index in [1.165, 1.54) is 13.1 Å². The number of aromatic nitrogens is 2. The van der Waals surface area contributed by atoms with E-state index in [2.05, 4.69) is 9.97 Å². The van der Waals surface area contributed by atoms with Gasteiger partial charge in [-0.25, -0.2) is 19.4 Å². The summed E-state index contributed by atoms with van der Waals surface area (Å²) in [6.07, 6.45) is 0. The van der Waals surface area contributed by atoms with E-state index in [9.17, 15) is 9.60 Å². The molecular weight excluding hydrogens is 293 g/mol. The molecule has 118 valence electrons. The molecule has 5 heteroatoms. The summed E-state index contributed by atoms with van der Waals surface area (Å²) in [6.45, 7) is 4.05. The van der Waals surface area contributed by atoms with Crippen molar-refractivity contribution < 1.29 is 9.60 Å². The van der Waals surface area contributed by atoms with Crippen LogP contribution in [0.1, 0.15) is 25.5 Å². The van der Waals surface area contributed by atoms with Gasteiger partial charge in [-0.3, -0.25) is 5.21 Å². The standard InChI is InChI=1S/C18H18FN3O/c1-11(2)16-10-17(21-18(20-16)22(3)23)14-8-9-15(19)13-7-5-4-6-12(13)14/h4-11,23H,1-3H3. The van der Waals surface area contributed by atoms with Crippen molar-refractivity contribution in [3.05, 3.63) is 54.0 Å². The SMILES string of the molecule is CC(C)c1cc(-c2ccc(F)c3ccccc23)nc(N(C)O)n1. The van der Waals surface area contributed by atoms with E-state index < -0.39 is 0 Å². The van der Waals surface area contributed by atoms with Gasteiger partial charge in [0.05, 0.1) is 5.69 Å². The molecule has 0 spiro atoms. The maximum Gasteiger partial charge on any atom is 0.250 e. The molecule has 0 aliphatic carbocycles. The first-order valence-electron chi connectivity index (χ1n) is 7.46. The second-order valence-electron chi connectivity index (χ2n) is 5.80. The fourth-order valence-electron chi connectivity index (χ4n) is 2.52. The number of nitrogens with zero attached hydrogens (tertiary/aromatic N) is 3. The van der Waals surface area contributed by atoms with Gasteiger partial charge in [0.2, 0.25) is 5.95 Å². The minimum Gasteiger partial charge on any atom is -0.286 e. The van der Waals surface area contributed by atoms with Crippen molar-refractivity contribution in [3.8, 4) is 11.3 Å². The first-order valence-corrected chi connectivity index (χ1v) is 7.46. The van der Waals surface area contributed by atoms with Crippen LogP contribution in [-0.2, 0) is 0 Å². The van der Waals surface area contributed by atoms with E-state index in [0.29, 0.717) is 11.1 Å². The van der Waals surface area contributed by atoms with E-state index in [4.69, 9.17) is 0 Å². The topological polar surface area (TPSA) is 49.2 Å². The van der Waals surface area contributed by atoms with Crippen LogP contribution in [-0.4, -0.2) is 22.2 Å². The number of hydroxylamine groups is 1. The normalized spacial score (nSPS) is 11.2. The summed E-state index contributed by atoms with van der Waals surface area (Å²) in [4.78, 5) is 8.75. The number of hydrogen-bond donors (Lipinski definition) is 1. The van der Waals surface area contributed by atoms with Crippen LogP contribution < -0.4 is 5.06 Å². The fraction of sp³-hybridized carbons (Fsp3) is 0.222. The molecule has 3 rings (SSSR count).